The molecule has 7 heteroatoms. The van der Waals surface area contributed by atoms with Crippen molar-refractivity contribution >= 4 is 24.4 Å². The fraction of sp³-hybridized carbons (Fsp3) is 0.600. The van der Waals surface area contributed by atoms with Gasteiger partial charge < -0.3 is 19.9 Å². The molecule has 0 spiro atoms. The van der Waals surface area contributed by atoms with Gasteiger partial charge in [0.05, 0.1) is 12.7 Å². The number of aryl methyl sites for hydroxylation is 1. The highest BCUT2D eigenvalue weighted by molar-refractivity contribution is 7.72. The Morgan fingerprint density at radius 3 is 2.88 bits per heavy atom. The Kier molecular flexibility index (Phi) is 3.74. The molecule has 0 radical (unpaired) electrons. The van der Waals surface area contributed by atoms with Gasteiger partial charge in [0.1, 0.15) is 17.0 Å². The number of rotatable bonds is 2. The molecule has 94 valence electrons. The van der Waals surface area contributed by atoms with E-state index in [1.54, 1.807) is 10.8 Å². The Morgan fingerprint density at radius 2 is 2.29 bits per heavy atom. The Labute approximate surface area is 109 Å². The molecule has 0 saturated carbocycles. The number of aliphatic hydroxyl groups excluding tert-OH is 2. The maximum absolute atomic E-state index is 9.67. The van der Waals surface area contributed by atoms with Crippen LogP contribution in [0.25, 0.3) is 0 Å². The summed E-state index contributed by atoms with van der Waals surface area (Å²) in [5, 5.41) is 18.7. The third kappa shape index (κ3) is 2.48. The number of hydrogen-bond donors (Lipinski definition) is 3. The van der Waals surface area contributed by atoms with Gasteiger partial charge in [0, 0.05) is 18.2 Å². The number of nitrogens with one attached hydrogen (secondary N) is 1. The van der Waals surface area contributed by atoms with Crippen LogP contribution in [0.15, 0.2) is 6.20 Å². The fourth-order valence-corrected chi connectivity index (χ4v) is 2.34. The second-order valence-electron chi connectivity index (χ2n) is 4.09. The molecule has 1 saturated heterocycles. The standard InChI is InChI=1S/C10H14N2O3S2/c1-5-3-12(10(17)11-9(5)16)8-2-6(14)7(4-13)15-8/h3,6-8,13-14H,2,4H2,1H3,(H,11,16,17)/t6-,7+,8+/m0/s1. The molecule has 17 heavy (non-hydrogen) atoms. The monoisotopic (exact) mass is 274 g/mol. The largest absolute Gasteiger partial charge is 0.394 e. The van der Waals surface area contributed by atoms with Crippen molar-refractivity contribution in [2.45, 2.75) is 31.8 Å². The minimum absolute atomic E-state index is 0.202. The van der Waals surface area contributed by atoms with Gasteiger partial charge in [-0.25, -0.2) is 0 Å². The van der Waals surface area contributed by atoms with Crippen molar-refractivity contribution in [2.75, 3.05) is 6.61 Å². The molecule has 3 N–H and O–H groups in total. The van der Waals surface area contributed by atoms with Crippen LogP contribution < -0.4 is 0 Å². The molecular weight excluding hydrogens is 260 g/mol. The molecule has 1 aromatic heterocycles. The molecular formula is C10H14N2O3S2. The first-order chi connectivity index (χ1) is 8.02. The second-order valence-corrected chi connectivity index (χ2v) is 4.89. The van der Waals surface area contributed by atoms with Crippen molar-refractivity contribution < 1.29 is 14.9 Å². The predicted octanol–water partition coefficient (Wildman–Crippen LogP) is 1.22. The molecule has 0 aliphatic carbocycles. The molecule has 5 nitrogen and oxygen atoms in total. The van der Waals surface area contributed by atoms with Crippen LogP contribution in [0.1, 0.15) is 18.2 Å². The van der Waals surface area contributed by atoms with Crippen LogP contribution >= 0.6 is 24.4 Å². The van der Waals surface area contributed by atoms with Crippen molar-refractivity contribution in [3.8, 4) is 0 Å². The zero-order valence-electron chi connectivity index (χ0n) is 9.29. The lowest BCUT2D eigenvalue weighted by molar-refractivity contribution is -0.0453. The van der Waals surface area contributed by atoms with Gasteiger partial charge in [-0.3, -0.25) is 4.57 Å². The van der Waals surface area contributed by atoms with Crippen LogP contribution in [0.3, 0.4) is 0 Å². The van der Waals surface area contributed by atoms with Crippen molar-refractivity contribution in [1.29, 1.82) is 0 Å². The van der Waals surface area contributed by atoms with Gasteiger partial charge in [-0.15, -0.1) is 0 Å². The van der Waals surface area contributed by atoms with Crippen LogP contribution in [0.2, 0.25) is 0 Å². The topological polar surface area (TPSA) is 70.4 Å². The summed E-state index contributed by atoms with van der Waals surface area (Å²) >= 11 is 10.2. The third-order valence-corrected chi connectivity index (χ3v) is 3.58. The summed E-state index contributed by atoms with van der Waals surface area (Å²) in [5.74, 6) is 0. The number of aliphatic hydroxyl groups is 2. The van der Waals surface area contributed by atoms with E-state index in [0.717, 1.165) is 5.56 Å². The van der Waals surface area contributed by atoms with Crippen molar-refractivity contribution in [3.05, 3.63) is 21.2 Å². The first-order valence-corrected chi connectivity index (χ1v) is 6.11. The number of hydrogen-bond acceptors (Lipinski definition) is 5. The average Bonchev–Trinajstić information content (AvgIpc) is 2.65. The number of aromatic amines is 1. The van der Waals surface area contributed by atoms with E-state index < -0.39 is 12.2 Å². The van der Waals surface area contributed by atoms with E-state index in [1.165, 1.54) is 0 Å². The van der Waals surface area contributed by atoms with Gasteiger partial charge in [0.25, 0.3) is 0 Å². The molecule has 0 aromatic carbocycles. The van der Waals surface area contributed by atoms with E-state index in [9.17, 15) is 5.11 Å². The lowest BCUT2D eigenvalue weighted by Gasteiger charge is -2.16. The number of nitrogens with zero attached hydrogens (tertiary/aromatic N) is 1. The molecule has 0 bridgehead atoms. The molecule has 2 rings (SSSR count). The number of ether oxygens (including phenoxy) is 1. The lowest BCUT2D eigenvalue weighted by atomic mass is 10.2. The summed E-state index contributed by atoms with van der Waals surface area (Å²) in [5.41, 5.74) is 0.888. The first kappa shape index (κ1) is 12.8. The second kappa shape index (κ2) is 4.95. The average molecular weight is 274 g/mol. The van der Waals surface area contributed by atoms with Gasteiger partial charge in [-0.05, 0) is 19.1 Å². The van der Waals surface area contributed by atoms with Gasteiger partial charge in [-0.2, -0.15) is 0 Å². The van der Waals surface area contributed by atoms with Gasteiger partial charge >= 0.3 is 0 Å². The van der Waals surface area contributed by atoms with E-state index in [0.29, 0.717) is 15.8 Å². The molecule has 0 unspecified atom stereocenters. The Hall–Kier alpha value is -0.600. The maximum atomic E-state index is 9.67. The van der Waals surface area contributed by atoms with Crippen LogP contribution in [0, 0.1) is 16.3 Å². The number of H-pyrrole nitrogens is 1. The normalized spacial score (nSPS) is 28.5. The van der Waals surface area contributed by atoms with Gasteiger partial charge in [0.2, 0.25) is 0 Å². The Balaban J connectivity index is 2.34. The zero-order valence-corrected chi connectivity index (χ0v) is 10.9. The van der Waals surface area contributed by atoms with Crippen molar-refractivity contribution in [2.24, 2.45) is 0 Å². The van der Waals surface area contributed by atoms with Gasteiger partial charge in [0.15, 0.2) is 4.77 Å². The number of aromatic nitrogens is 2. The fourth-order valence-electron chi connectivity index (χ4n) is 1.85. The first-order valence-electron chi connectivity index (χ1n) is 5.29. The highest BCUT2D eigenvalue weighted by Gasteiger charge is 2.34. The molecule has 0 amide bonds. The predicted molar refractivity (Wildman–Crippen MR) is 66.8 cm³/mol. The van der Waals surface area contributed by atoms with Crippen molar-refractivity contribution in [1.82, 2.24) is 9.55 Å². The highest BCUT2D eigenvalue weighted by Crippen LogP contribution is 2.28. The van der Waals surface area contributed by atoms with Crippen molar-refractivity contribution in [3.63, 3.8) is 0 Å². The summed E-state index contributed by atoms with van der Waals surface area (Å²) in [7, 11) is 0. The molecule has 1 aliphatic heterocycles. The zero-order chi connectivity index (χ0) is 12.6. The van der Waals surface area contributed by atoms with E-state index in [2.05, 4.69) is 4.98 Å². The van der Waals surface area contributed by atoms with E-state index in [1.807, 2.05) is 6.92 Å². The Morgan fingerprint density at radius 1 is 1.59 bits per heavy atom. The van der Waals surface area contributed by atoms with Crippen LogP contribution in [-0.2, 0) is 4.74 Å². The molecule has 1 fully saturated rings. The highest BCUT2D eigenvalue weighted by atomic mass is 32.1. The van der Waals surface area contributed by atoms with Crippen LogP contribution in [0.4, 0.5) is 0 Å². The summed E-state index contributed by atoms with van der Waals surface area (Å²) in [6.45, 7) is 1.67. The smallest absolute Gasteiger partial charge is 0.180 e. The van der Waals surface area contributed by atoms with Crippen LogP contribution in [-0.4, -0.2) is 38.6 Å². The summed E-state index contributed by atoms with van der Waals surface area (Å²) < 4.78 is 8.30. The minimum atomic E-state index is -0.671. The maximum Gasteiger partial charge on any atom is 0.180 e. The summed E-state index contributed by atoms with van der Waals surface area (Å²) in [6.07, 6.45) is 0.628. The van der Waals surface area contributed by atoms with Crippen LogP contribution in [0.5, 0.6) is 0 Å². The SMILES string of the molecule is Cc1cn([C@H]2C[C@H](O)[C@@H](CO)O2)c(=S)[nH]c1=S. The molecule has 3 atom stereocenters. The van der Waals surface area contributed by atoms with E-state index in [4.69, 9.17) is 34.3 Å². The lowest BCUT2D eigenvalue weighted by Crippen LogP contribution is -2.24. The van der Waals surface area contributed by atoms with Gasteiger partial charge in [-0.1, -0.05) is 12.2 Å². The minimum Gasteiger partial charge on any atom is -0.394 e. The molecule has 2 heterocycles. The quantitative estimate of drug-likeness (QED) is 0.708. The Bertz CT molecular complexity index is 525. The van der Waals surface area contributed by atoms with E-state index >= 15 is 0 Å². The summed E-state index contributed by atoms with van der Waals surface area (Å²) in [6, 6.07) is 0. The molecule has 1 aliphatic rings. The third-order valence-electron chi connectivity index (χ3n) is 2.84. The summed E-state index contributed by atoms with van der Waals surface area (Å²) in [4.78, 5) is 2.90. The van der Waals surface area contributed by atoms with E-state index in [-0.39, 0.29) is 12.8 Å². The molecule has 1 aromatic rings.